The van der Waals surface area contributed by atoms with Gasteiger partial charge < -0.3 is 15.1 Å². The van der Waals surface area contributed by atoms with Gasteiger partial charge in [0.1, 0.15) is 10.7 Å². The van der Waals surface area contributed by atoms with Crippen molar-refractivity contribution in [2.45, 2.75) is 92.1 Å². The molecule has 1 aliphatic carbocycles. The van der Waals surface area contributed by atoms with Gasteiger partial charge in [0, 0.05) is 98.9 Å². The Morgan fingerprint density at radius 1 is 0.829 bits per heavy atom. The average Bonchev–Trinajstić information content (AvgIpc) is 3.30. The van der Waals surface area contributed by atoms with E-state index < -0.39 is 58.6 Å². The predicted octanol–water partition coefficient (Wildman–Crippen LogP) is 10.1. The number of anilines is 2. The molecule has 2 fully saturated rings. The summed E-state index contributed by atoms with van der Waals surface area (Å²) < 4.78 is 113. The minimum atomic E-state index is -6.08. The smallest absolute Gasteiger partial charge is 0.380 e. The SMILES string of the molecule is CC1(C)CCC(c2ccc(Cl)c(F)c2)=C(CN2CCN(c3ccc(C(=O)NS(=O)(=O)c4ccc(NC(CCN5CCN(C(C)(C)C)CC5)CSc5ccccc5)c(S(=O)(=O)C(F)(F)F)c4)cc3)CC2)C1. The van der Waals surface area contributed by atoms with Gasteiger partial charge in [0.15, 0.2) is 0 Å². The van der Waals surface area contributed by atoms with Crippen molar-refractivity contribution in [2.75, 3.05) is 81.4 Å². The number of nitrogens with zero attached hydrogens (tertiary/aromatic N) is 4. The Morgan fingerprint density at radius 2 is 1.49 bits per heavy atom. The summed E-state index contributed by atoms with van der Waals surface area (Å²) in [7, 11) is -10.9. The number of hydrogen-bond acceptors (Lipinski definition) is 11. The number of alkyl halides is 3. The highest BCUT2D eigenvalue weighted by atomic mass is 35.5. The van der Waals surface area contributed by atoms with Crippen molar-refractivity contribution >= 4 is 66.1 Å². The van der Waals surface area contributed by atoms with E-state index in [1.807, 2.05) is 41.1 Å². The third kappa shape index (κ3) is 13.5. The number of carbonyl (C=O) groups is 1. The molecule has 70 heavy (non-hydrogen) atoms. The van der Waals surface area contributed by atoms with Crippen LogP contribution in [0.4, 0.5) is 28.9 Å². The highest BCUT2D eigenvalue weighted by molar-refractivity contribution is 7.99. The third-order valence-corrected chi connectivity index (χ3v) is 17.8. The number of carbonyl (C=O) groups excluding carboxylic acids is 1. The van der Waals surface area contributed by atoms with Crippen LogP contribution in [0.3, 0.4) is 0 Å². The van der Waals surface area contributed by atoms with Gasteiger partial charge >= 0.3 is 5.51 Å². The van der Waals surface area contributed by atoms with E-state index in [9.17, 15) is 39.2 Å². The fraction of sp³-hybridized carbons (Fsp3) is 0.471. The maximum atomic E-state index is 14.5. The second-order valence-electron chi connectivity index (χ2n) is 20.2. The van der Waals surface area contributed by atoms with Gasteiger partial charge in [-0.05, 0) is 130 Å². The number of nitrogens with one attached hydrogen (secondary N) is 2. The molecule has 2 N–H and O–H groups in total. The summed E-state index contributed by atoms with van der Waals surface area (Å²) in [6, 6.07) is 22.7. The predicted molar refractivity (Wildman–Crippen MR) is 272 cm³/mol. The molecule has 0 aromatic heterocycles. The largest absolute Gasteiger partial charge is 0.501 e. The summed E-state index contributed by atoms with van der Waals surface area (Å²) in [5.41, 5.74) is -1.92. The lowest BCUT2D eigenvalue weighted by Gasteiger charge is -2.42. The number of halogens is 5. The number of rotatable bonds is 16. The van der Waals surface area contributed by atoms with Crippen molar-refractivity contribution in [1.29, 1.82) is 0 Å². The molecule has 0 bridgehead atoms. The van der Waals surface area contributed by atoms with E-state index in [2.05, 4.69) is 59.5 Å². The monoisotopic (exact) mass is 1050 g/mol. The van der Waals surface area contributed by atoms with Crippen LogP contribution in [0.15, 0.2) is 111 Å². The first-order valence-corrected chi connectivity index (χ1v) is 27.9. The first-order chi connectivity index (χ1) is 32.9. The lowest BCUT2D eigenvalue weighted by Crippen LogP contribution is -2.53. The summed E-state index contributed by atoms with van der Waals surface area (Å²) in [6.45, 7) is 18.5. The number of allylic oxidation sites excluding steroid dienone is 1. The molecule has 1 atom stereocenters. The molecule has 0 spiro atoms. The molecule has 2 heterocycles. The molecule has 3 aliphatic rings. The van der Waals surface area contributed by atoms with Gasteiger partial charge in [-0.15, -0.1) is 11.8 Å². The first kappa shape index (κ1) is 53.6. The van der Waals surface area contributed by atoms with Crippen molar-refractivity contribution in [3.63, 3.8) is 0 Å². The Balaban J connectivity index is 1.02. The van der Waals surface area contributed by atoms with Gasteiger partial charge in [-0.25, -0.2) is 25.9 Å². The van der Waals surface area contributed by atoms with Crippen LogP contribution in [0.25, 0.3) is 5.57 Å². The maximum absolute atomic E-state index is 14.5. The third-order valence-electron chi connectivity index (χ3n) is 13.5. The van der Waals surface area contributed by atoms with E-state index in [0.717, 1.165) is 93.4 Å². The van der Waals surface area contributed by atoms with Crippen molar-refractivity contribution in [1.82, 2.24) is 19.4 Å². The lowest BCUT2D eigenvalue weighted by atomic mass is 9.72. The summed E-state index contributed by atoms with van der Waals surface area (Å²) in [6.07, 6.45) is 3.20. The van der Waals surface area contributed by atoms with Gasteiger partial charge in [0.25, 0.3) is 25.8 Å². The number of sulfonamides is 1. The molecular formula is C51H63ClF4N6O5S3. The van der Waals surface area contributed by atoms with Gasteiger partial charge in [-0.3, -0.25) is 14.6 Å². The van der Waals surface area contributed by atoms with Crippen molar-refractivity contribution < 1.29 is 39.2 Å². The molecule has 380 valence electrons. The standard InChI is InChI=1S/C51H63ClF4N6O5S3/c1-49(2,3)62-29-25-59(26-30-62)22-20-39(35-68-41-9-7-6-8-10-41)57-46-18-16-42(32-47(46)69(64,65)51(54,55)56)70(66,67)58-48(63)36-11-14-40(15-12-36)61-27-23-60(24-28-61)34-38-33-50(4,5)21-19-43(38)37-13-17-44(52)45(53)31-37/h6-18,31-32,39,57H,19-30,33-35H2,1-5H3,(H,58,63). The Morgan fingerprint density at radius 3 is 2.11 bits per heavy atom. The molecule has 4 aromatic carbocycles. The minimum absolute atomic E-state index is 0.0123. The topological polar surface area (TPSA) is 122 Å². The highest BCUT2D eigenvalue weighted by Gasteiger charge is 2.48. The molecule has 7 rings (SSSR count). The van der Waals surface area contributed by atoms with Crippen LogP contribution in [0, 0.1) is 11.2 Å². The highest BCUT2D eigenvalue weighted by Crippen LogP contribution is 2.43. The maximum Gasteiger partial charge on any atom is 0.501 e. The normalized spacial score (nSPS) is 18.5. The lowest BCUT2D eigenvalue weighted by molar-refractivity contribution is -0.0435. The zero-order valence-corrected chi connectivity index (χ0v) is 43.5. The van der Waals surface area contributed by atoms with E-state index in [1.54, 1.807) is 18.2 Å². The van der Waals surface area contributed by atoms with Crippen molar-refractivity contribution in [3.8, 4) is 0 Å². The van der Waals surface area contributed by atoms with Crippen LogP contribution < -0.4 is 14.9 Å². The zero-order chi connectivity index (χ0) is 50.6. The van der Waals surface area contributed by atoms with Crippen LogP contribution in [0.2, 0.25) is 5.02 Å². The number of hydrogen-bond donors (Lipinski definition) is 2. The fourth-order valence-electron chi connectivity index (χ4n) is 9.34. The molecule has 0 saturated carbocycles. The Bertz CT molecular complexity index is 2740. The van der Waals surface area contributed by atoms with E-state index in [0.29, 0.717) is 37.9 Å². The molecule has 4 aromatic rings. The van der Waals surface area contributed by atoms with Crippen LogP contribution >= 0.6 is 23.4 Å². The Labute approximate surface area is 420 Å². The number of sulfone groups is 1. The van der Waals surface area contributed by atoms with Crippen LogP contribution in [0.5, 0.6) is 0 Å². The fourth-order valence-corrected chi connectivity index (χ4v) is 12.5. The van der Waals surface area contributed by atoms with E-state index in [4.69, 9.17) is 11.6 Å². The minimum Gasteiger partial charge on any atom is -0.380 e. The molecule has 0 radical (unpaired) electrons. The summed E-state index contributed by atoms with van der Waals surface area (Å²) in [5, 5.41) is 3.13. The number of amides is 1. The van der Waals surface area contributed by atoms with E-state index in [1.165, 1.54) is 41.1 Å². The van der Waals surface area contributed by atoms with Gasteiger partial charge in [0.05, 0.1) is 15.6 Å². The molecule has 19 heteroatoms. The molecule has 2 saturated heterocycles. The second kappa shape index (κ2) is 21.9. The van der Waals surface area contributed by atoms with Crippen molar-refractivity contribution in [3.05, 3.63) is 119 Å². The Kier molecular flexibility index (Phi) is 16.8. The second-order valence-corrected chi connectivity index (χ2v) is 25.2. The molecule has 11 nitrogen and oxygen atoms in total. The van der Waals surface area contributed by atoms with Crippen LogP contribution in [-0.2, 0) is 19.9 Å². The van der Waals surface area contributed by atoms with Crippen molar-refractivity contribution in [2.24, 2.45) is 5.41 Å². The number of benzene rings is 4. The summed E-state index contributed by atoms with van der Waals surface area (Å²) in [5.74, 6) is -1.11. The van der Waals surface area contributed by atoms with Crippen LogP contribution in [-0.4, -0.2) is 126 Å². The molecular weight excluding hydrogens is 984 g/mol. The molecule has 1 amide bonds. The van der Waals surface area contributed by atoms with Gasteiger partial charge in [-0.2, -0.15) is 13.2 Å². The Hall–Kier alpha value is -4.17. The average molecular weight is 1050 g/mol. The first-order valence-electron chi connectivity index (χ1n) is 23.6. The van der Waals surface area contributed by atoms with Gasteiger partial charge in [-0.1, -0.05) is 55.3 Å². The van der Waals surface area contributed by atoms with Crippen LogP contribution in [0.1, 0.15) is 76.2 Å². The molecule has 2 aliphatic heterocycles. The quantitative estimate of drug-likeness (QED) is 0.0824. The molecule has 1 unspecified atom stereocenters. The number of thioether (sulfide) groups is 1. The summed E-state index contributed by atoms with van der Waals surface area (Å²) >= 11 is 7.45. The zero-order valence-electron chi connectivity index (χ0n) is 40.3. The number of piperazine rings is 2. The summed E-state index contributed by atoms with van der Waals surface area (Å²) in [4.78, 5) is 21.4. The van der Waals surface area contributed by atoms with Gasteiger partial charge in [0.2, 0.25) is 0 Å². The van der Waals surface area contributed by atoms with E-state index in [-0.39, 0.29) is 21.5 Å². The van der Waals surface area contributed by atoms with E-state index >= 15 is 0 Å².